The molecule has 0 aliphatic carbocycles. The average Bonchev–Trinajstić information content (AvgIpc) is 2.53. The Morgan fingerprint density at radius 3 is 2.23 bits per heavy atom. The third-order valence-corrected chi connectivity index (χ3v) is 3.33. The van der Waals surface area contributed by atoms with Crippen molar-refractivity contribution < 1.29 is 9.59 Å². The van der Waals surface area contributed by atoms with Crippen LogP contribution in [0.4, 0.5) is 4.79 Å². The second-order valence-electron chi connectivity index (χ2n) is 5.00. The van der Waals surface area contributed by atoms with Gasteiger partial charge in [0.1, 0.15) is 0 Å². The lowest BCUT2D eigenvalue weighted by Gasteiger charge is -2.17. The molecule has 3 N–H and O–H groups in total. The van der Waals surface area contributed by atoms with Crippen molar-refractivity contribution in [3.05, 3.63) is 71.3 Å². The molecule has 2 rings (SSSR count). The van der Waals surface area contributed by atoms with Crippen molar-refractivity contribution in [3.8, 4) is 0 Å². The first-order chi connectivity index (χ1) is 10.6. The predicted molar refractivity (Wildman–Crippen MR) is 85.2 cm³/mol. The fourth-order valence-corrected chi connectivity index (χ4v) is 2.16. The summed E-state index contributed by atoms with van der Waals surface area (Å²) in [5.41, 5.74) is 7.34. The molecule has 0 aliphatic rings. The highest BCUT2D eigenvalue weighted by molar-refractivity contribution is 5.95. The SMILES string of the molecule is Cc1ccccc1C(C)NC(=O)NNC(=O)c1ccccc1. The van der Waals surface area contributed by atoms with Crippen LogP contribution in [0.25, 0.3) is 0 Å². The molecule has 1 unspecified atom stereocenters. The van der Waals surface area contributed by atoms with Crippen LogP contribution in [0, 0.1) is 6.92 Å². The van der Waals surface area contributed by atoms with E-state index in [1.54, 1.807) is 24.3 Å². The fraction of sp³-hybridized carbons (Fsp3) is 0.176. The van der Waals surface area contributed by atoms with Gasteiger partial charge in [-0.25, -0.2) is 10.2 Å². The Balaban J connectivity index is 1.86. The van der Waals surface area contributed by atoms with Crippen LogP contribution in [0.1, 0.15) is 34.5 Å². The number of carbonyl (C=O) groups excluding carboxylic acids is 2. The Morgan fingerprint density at radius 1 is 0.909 bits per heavy atom. The summed E-state index contributed by atoms with van der Waals surface area (Å²) >= 11 is 0. The number of amides is 3. The van der Waals surface area contributed by atoms with Crippen LogP contribution in [0.3, 0.4) is 0 Å². The first-order valence-electron chi connectivity index (χ1n) is 7.05. The molecule has 0 aromatic heterocycles. The number of benzene rings is 2. The van der Waals surface area contributed by atoms with Crippen LogP contribution < -0.4 is 16.2 Å². The lowest BCUT2D eigenvalue weighted by Crippen LogP contribution is -2.47. The van der Waals surface area contributed by atoms with E-state index in [1.165, 1.54) is 0 Å². The quantitative estimate of drug-likeness (QED) is 0.762. The minimum atomic E-state index is -0.458. The van der Waals surface area contributed by atoms with Gasteiger partial charge in [0, 0.05) is 5.56 Å². The summed E-state index contributed by atoms with van der Waals surface area (Å²) < 4.78 is 0. The van der Waals surface area contributed by atoms with Crippen molar-refractivity contribution >= 4 is 11.9 Å². The lowest BCUT2D eigenvalue weighted by atomic mass is 10.0. The van der Waals surface area contributed by atoms with Gasteiger partial charge in [0.2, 0.25) is 0 Å². The molecule has 22 heavy (non-hydrogen) atoms. The lowest BCUT2D eigenvalue weighted by molar-refractivity contribution is 0.0936. The van der Waals surface area contributed by atoms with Gasteiger partial charge in [-0.1, -0.05) is 42.5 Å². The Hall–Kier alpha value is -2.82. The predicted octanol–water partition coefficient (Wildman–Crippen LogP) is 2.70. The molecule has 2 aromatic carbocycles. The van der Waals surface area contributed by atoms with Gasteiger partial charge in [-0.15, -0.1) is 0 Å². The minimum Gasteiger partial charge on any atom is -0.330 e. The maximum Gasteiger partial charge on any atom is 0.333 e. The number of nitrogens with one attached hydrogen (secondary N) is 3. The van der Waals surface area contributed by atoms with Gasteiger partial charge in [0.25, 0.3) is 5.91 Å². The molecule has 5 heteroatoms. The van der Waals surface area contributed by atoms with E-state index in [4.69, 9.17) is 0 Å². The number of rotatable bonds is 3. The summed E-state index contributed by atoms with van der Waals surface area (Å²) in [5, 5.41) is 2.78. The van der Waals surface area contributed by atoms with Gasteiger partial charge >= 0.3 is 6.03 Å². The van der Waals surface area contributed by atoms with E-state index in [0.717, 1.165) is 11.1 Å². The van der Waals surface area contributed by atoms with Crippen molar-refractivity contribution in [2.45, 2.75) is 19.9 Å². The average molecular weight is 297 g/mol. The van der Waals surface area contributed by atoms with Crippen molar-refractivity contribution in [3.63, 3.8) is 0 Å². The molecular formula is C17H19N3O2. The number of hydrogen-bond acceptors (Lipinski definition) is 2. The topological polar surface area (TPSA) is 70.2 Å². The molecule has 0 spiro atoms. The minimum absolute atomic E-state index is 0.158. The molecule has 0 saturated carbocycles. The van der Waals surface area contributed by atoms with E-state index in [2.05, 4.69) is 16.2 Å². The van der Waals surface area contributed by atoms with E-state index in [-0.39, 0.29) is 11.9 Å². The van der Waals surface area contributed by atoms with E-state index >= 15 is 0 Å². The summed E-state index contributed by atoms with van der Waals surface area (Å²) in [7, 11) is 0. The summed E-state index contributed by atoms with van der Waals surface area (Å²) in [4.78, 5) is 23.6. The van der Waals surface area contributed by atoms with Gasteiger partial charge in [-0.05, 0) is 37.1 Å². The van der Waals surface area contributed by atoms with Crippen LogP contribution in [0.2, 0.25) is 0 Å². The van der Waals surface area contributed by atoms with Crippen LogP contribution in [0.5, 0.6) is 0 Å². The molecule has 0 aliphatic heterocycles. The second kappa shape index (κ2) is 7.26. The van der Waals surface area contributed by atoms with Crippen LogP contribution in [-0.4, -0.2) is 11.9 Å². The van der Waals surface area contributed by atoms with Gasteiger partial charge in [-0.3, -0.25) is 10.2 Å². The Kier molecular flexibility index (Phi) is 5.14. The molecule has 3 amide bonds. The number of hydrazine groups is 1. The second-order valence-corrected chi connectivity index (χ2v) is 5.00. The van der Waals surface area contributed by atoms with Crippen molar-refractivity contribution in [1.82, 2.24) is 16.2 Å². The van der Waals surface area contributed by atoms with Gasteiger partial charge < -0.3 is 5.32 Å². The van der Waals surface area contributed by atoms with E-state index in [0.29, 0.717) is 5.56 Å². The first kappa shape index (κ1) is 15.6. The van der Waals surface area contributed by atoms with Crippen molar-refractivity contribution in [2.24, 2.45) is 0 Å². The van der Waals surface area contributed by atoms with Crippen LogP contribution in [0.15, 0.2) is 54.6 Å². The zero-order chi connectivity index (χ0) is 15.9. The molecule has 2 aromatic rings. The van der Waals surface area contributed by atoms with Crippen LogP contribution >= 0.6 is 0 Å². The fourth-order valence-electron chi connectivity index (χ4n) is 2.16. The molecule has 1 atom stereocenters. The largest absolute Gasteiger partial charge is 0.333 e. The summed E-state index contributed by atoms with van der Waals surface area (Å²) in [5.74, 6) is -0.362. The third kappa shape index (κ3) is 4.09. The number of hydrogen-bond donors (Lipinski definition) is 3. The van der Waals surface area contributed by atoms with Gasteiger partial charge in [0.05, 0.1) is 6.04 Å². The Morgan fingerprint density at radius 2 is 1.55 bits per heavy atom. The molecule has 0 heterocycles. The molecule has 114 valence electrons. The third-order valence-electron chi connectivity index (χ3n) is 3.33. The number of urea groups is 1. The normalized spacial score (nSPS) is 11.4. The Bertz CT molecular complexity index is 656. The number of carbonyl (C=O) groups is 2. The summed E-state index contributed by atoms with van der Waals surface area (Å²) in [6.45, 7) is 3.88. The van der Waals surface area contributed by atoms with E-state index in [1.807, 2.05) is 44.2 Å². The number of aryl methyl sites for hydroxylation is 1. The maximum absolute atomic E-state index is 11.8. The molecular weight excluding hydrogens is 278 g/mol. The molecule has 0 radical (unpaired) electrons. The zero-order valence-electron chi connectivity index (χ0n) is 12.6. The summed E-state index contributed by atoms with van der Waals surface area (Å²) in [6.07, 6.45) is 0. The van der Waals surface area contributed by atoms with Gasteiger partial charge in [-0.2, -0.15) is 0 Å². The monoisotopic (exact) mass is 297 g/mol. The van der Waals surface area contributed by atoms with E-state index < -0.39 is 6.03 Å². The molecule has 5 nitrogen and oxygen atoms in total. The first-order valence-corrected chi connectivity index (χ1v) is 7.05. The van der Waals surface area contributed by atoms with E-state index in [9.17, 15) is 9.59 Å². The highest BCUT2D eigenvalue weighted by Gasteiger charge is 2.12. The smallest absolute Gasteiger partial charge is 0.330 e. The molecule has 0 saturated heterocycles. The standard InChI is InChI=1S/C17H19N3O2/c1-12-8-6-7-11-15(12)13(2)18-17(22)20-19-16(21)14-9-4-3-5-10-14/h3-11,13H,1-2H3,(H,19,21)(H2,18,20,22). The van der Waals surface area contributed by atoms with Gasteiger partial charge in [0.15, 0.2) is 0 Å². The summed E-state index contributed by atoms with van der Waals surface area (Å²) in [6, 6.07) is 15.9. The molecule has 0 fully saturated rings. The highest BCUT2D eigenvalue weighted by Crippen LogP contribution is 2.16. The van der Waals surface area contributed by atoms with Crippen molar-refractivity contribution in [1.29, 1.82) is 0 Å². The maximum atomic E-state index is 11.8. The Labute approximate surface area is 129 Å². The van der Waals surface area contributed by atoms with Crippen LogP contribution in [-0.2, 0) is 0 Å². The van der Waals surface area contributed by atoms with Crippen molar-refractivity contribution in [2.75, 3.05) is 0 Å². The zero-order valence-corrected chi connectivity index (χ0v) is 12.6. The highest BCUT2D eigenvalue weighted by atomic mass is 16.2. The molecule has 0 bridgehead atoms.